The third-order valence-corrected chi connectivity index (χ3v) is 2.75. The monoisotopic (exact) mass is 255 g/mol. The Kier molecular flexibility index (Phi) is 2.61. The summed E-state index contributed by atoms with van der Waals surface area (Å²) in [6.07, 6.45) is 1.72. The third kappa shape index (κ3) is 2.08. The van der Waals surface area contributed by atoms with Crippen LogP contribution >= 0.6 is 27.3 Å². The van der Waals surface area contributed by atoms with Crippen molar-refractivity contribution in [1.82, 2.24) is 4.98 Å². The van der Waals surface area contributed by atoms with Crippen LogP contribution < -0.4 is 4.74 Å². The zero-order valence-corrected chi connectivity index (χ0v) is 9.01. The van der Waals surface area contributed by atoms with Crippen molar-refractivity contribution in [2.24, 2.45) is 0 Å². The summed E-state index contributed by atoms with van der Waals surface area (Å²) in [5.41, 5.74) is 0. The molecule has 0 bridgehead atoms. The van der Waals surface area contributed by atoms with Gasteiger partial charge in [0.15, 0.2) is 0 Å². The molecule has 0 unspecified atom stereocenters. The van der Waals surface area contributed by atoms with Crippen molar-refractivity contribution in [2.45, 2.75) is 0 Å². The highest BCUT2D eigenvalue weighted by Crippen LogP contribution is 2.29. The van der Waals surface area contributed by atoms with Gasteiger partial charge in [-0.1, -0.05) is 23.5 Å². The molecule has 0 saturated carbocycles. The van der Waals surface area contributed by atoms with E-state index in [9.17, 15) is 0 Å². The number of nitrogens with zero attached hydrogens (tertiary/aromatic N) is 1. The summed E-state index contributed by atoms with van der Waals surface area (Å²) in [4.78, 5) is 4.03. The van der Waals surface area contributed by atoms with Crippen LogP contribution in [0.4, 0.5) is 0 Å². The number of rotatable bonds is 2. The Balaban J connectivity index is 2.24. The second-order valence-electron chi connectivity index (χ2n) is 2.33. The van der Waals surface area contributed by atoms with E-state index >= 15 is 0 Å². The smallest absolute Gasteiger partial charge is 0.278 e. The van der Waals surface area contributed by atoms with E-state index in [1.807, 2.05) is 29.6 Å². The van der Waals surface area contributed by atoms with Gasteiger partial charge in [0, 0.05) is 11.6 Å². The Labute approximate surface area is 88.3 Å². The van der Waals surface area contributed by atoms with Crippen LogP contribution in [0.15, 0.2) is 40.3 Å². The molecular formula is C9H6BrNOS. The normalized spacial score (nSPS) is 9.92. The molecule has 0 spiro atoms. The molecule has 0 aliphatic carbocycles. The number of halogens is 1. The summed E-state index contributed by atoms with van der Waals surface area (Å²) in [7, 11) is 0. The summed E-state index contributed by atoms with van der Waals surface area (Å²) in [5.74, 6) is 0.789. The molecule has 0 radical (unpaired) electrons. The predicted octanol–water partition coefficient (Wildman–Crippen LogP) is 3.70. The second kappa shape index (κ2) is 3.89. The molecular weight excluding hydrogens is 250 g/mol. The van der Waals surface area contributed by atoms with E-state index in [-0.39, 0.29) is 0 Å². The lowest BCUT2D eigenvalue weighted by Gasteiger charge is -2.02. The van der Waals surface area contributed by atoms with Crippen molar-refractivity contribution in [3.63, 3.8) is 0 Å². The average molecular weight is 256 g/mol. The number of ether oxygens (including phenoxy) is 1. The van der Waals surface area contributed by atoms with Crippen LogP contribution in [0.2, 0.25) is 0 Å². The quantitative estimate of drug-likeness (QED) is 0.817. The number of aromatic nitrogens is 1. The Bertz CT molecular complexity index is 388. The molecule has 2 aromatic rings. The zero-order chi connectivity index (χ0) is 9.10. The van der Waals surface area contributed by atoms with E-state index in [0.717, 1.165) is 10.2 Å². The molecule has 1 aromatic carbocycles. The predicted molar refractivity (Wildman–Crippen MR) is 56.3 cm³/mol. The highest BCUT2D eigenvalue weighted by molar-refractivity contribution is 9.10. The minimum absolute atomic E-state index is 0.659. The fourth-order valence-corrected chi connectivity index (χ4v) is 1.75. The summed E-state index contributed by atoms with van der Waals surface area (Å²) < 4.78 is 6.45. The van der Waals surface area contributed by atoms with Crippen LogP contribution in [-0.4, -0.2) is 4.98 Å². The molecule has 1 heterocycles. The van der Waals surface area contributed by atoms with E-state index in [1.54, 1.807) is 6.20 Å². The van der Waals surface area contributed by atoms with Gasteiger partial charge in [-0.3, -0.25) is 0 Å². The second-order valence-corrected chi connectivity index (χ2v) is 4.04. The summed E-state index contributed by atoms with van der Waals surface area (Å²) in [6, 6.07) is 7.70. The van der Waals surface area contributed by atoms with Gasteiger partial charge in [-0.2, -0.15) is 0 Å². The van der Waals surface area contributed by atoms with E-state index in [1.165, 1.54) is 11.3 Å². The largest absolute Gasteiger partial charge is 0.430 e. The first-order chi connectivity index (χ1) is 6.36. The van der Waals surface area contributed by atoms with Gasteiger partial charge < -0.3 is 4.74 Å². The number of benzene rings is 1. The maximum absolute atomic E-state index is 5.51. The van der Waals surface area contributed by atoms with Crippen molar-refractivity contribution < 1.29 is 4.74 Å². The molecule has 66 valence electrons. The van der Waals surface area contributed by atoms with Gasteiger partial charge in [-0.05, 0) is 28.1 Å². The Morgan fingerprint density at radius 3 is 2.85 bits per heavy atom. The summed E-state index contributed by atoms with van der Waals surface area (Å²) in [5, 5.41) is 2.54. The first-order valence-corrected chi connectivity index (χ1v) is 5.35. The number of para-hydroxylation sites is 1. The van der Waals surface area contributed by atoms with Crippen molar-refractivity contribution in [1.29, 1.82) is 0 Å². The fraction of sp³-hybridized carbons (Fsp3) is 0. The molecule has 1 aromatic heterocycles. The molecule has 13 heavy (non-hydrogen) atoms. The summed E-state index contributed by atoms with van der Waals surface area (Å²) in [6.45, 7) is 0. The van der Waals surface area contributed by atoms with Gasteiger partial charge in [0.1, 0.15) is 5.75 Å². The maximum Gasteiger partial charge on any atom is 0.278 e. The Morgan fingerprint density at radius 1 is 1.31 bits per heavy atom. The van der Waals surface area contributed by atoms with Gasteiger partial charge in [-0.15, -0.1) is 0 Å². The van der Waals surface area contributed by atoms with Crippen molar-refractivity contribution in [3.8, 4) is 10.9 Å². The van der Waals surface area contributed by atoms with Gasteiger partial charge in [0.25, 0.3) is 5.19 Å². The van der Waals surface area contributed by atoms with E-state index < -0.39 is 0 Å². The highest BCUT2D eigenvalue weighted by atomic mass is 79.9. The van der Waals surface area contributed by atoms with Crippen molar-refractivity contribution in [3.05, 3.63) is 40.3 Å². The van der Waals surface area contributed by atoms with Crippen LogP contribution in [-0.2, 0) is 0 Å². The SMILES string of the molecule is Brc1ccccc1Oc1nccs1. The van der Waals surface area contributed by atoms with Gasteiger partial charge >= 0.3 is 0 Å². The van der Waals surface area contributed by atoms with Crippen molar-refractivity contribution in [2.75, 3.05) is 0 Å². The maximum atomic E-state index is 5.51. The molecule has 2 nitrogen and oxygen atoms in total. The molecule has 0 aliphatic heterocycles. The molecule has 0 N–H and O–H groups in total. The lowest BCUT2D eigenvalue weighted by molar-refractivity contribution is 0.476. The van der Waals surface area contributed by atoms with Crippen molar-refractivity contribution >= 4 is 27.3 Å². The third-order valence-electron chi connectivity index (χ3n) is 1.44. The Morgan fingerprint density at radius 2 is 2.15 bits per heavy atom. The zero-order valence-electron chi connectivity index (χ0n) is 6.61. The first-order valence-electron chi connectivity index (χ1n) is 3.68. The first kappa shape index (κ1) is 8.72. The van der Waals surface area contributed by atoms with Crippen LogP contribution in [0.5, 0.6) is 10.9 Å². The van der Waals surface area contributed by atoms with Crippen LogP contribution in [0.1, 0.15) is 0 Å². The molecule has 0 aliphatic rings. The molecule has 4 heteroatoms. The lowest BCUT2D eigenvalue weighted by Crippen LogP contribution is -1.82. The topological polar surface area (TPSA) is 22.1 Å². The van der Waals surface area contributed by atoms with E-state index in [0.29, 0.717) is 5.19 Å². The van der Waals surface area contributed by atoms with Crippen LogP contribution in [0.3, 0.4) is 0 Å². The average Bonchev–Trinajstić information content (AvgIpc) is 2.61. The minimum atomic E-state index is 0.659. The molecule has 0 saturated heterocycles. The van der Waals surface area contributed by atoms with Gasteiger partial charge in [0.05, 0.1) is 4.47 Å². The number of hydrogen-bond acceptors (Lipinski definition) is 3. The van der Waals surface area contributed by atoms with E-state index in [2.05, 4.69) is 20.9 Å². The fourth-order valence-electron chi connectivity index (χ4n) is 0.882. The molecule has 0 fully saturated rings. The van der Waals surface area contributed by atoms with E-state index in [4.69, 9.17) is 4.74 Å². The minimum Gasteiger partial charge on any atom is -0.430 e. The lowest BCUT2D eigenvalue weighted by atomic mass is 10.3. The molecule has 0 amide bonds. The van der Waals surface area contributed by atoms with Gasteiger partial charge in [-0.25, -0.2) is 4.98 Å². The molecule has 2 rings (SSSR count). The highest BCUT2D eigenvalue weighted by Gasteiger charge is 2.01. The Hall–Kier alpha value is -0.870. The molecule has 0 atom stereocenters. The summed E-state index contributed by atoms with van der Waals surface area (Å²) >= 11 is 4.87. The van der Waals surface area contributed by atoms with Crippen LogP contribution in [0.25, 0.3) is 0 Å². The van der Waals surface area contributed by atoms with Gasteiger partial charge in [0.2, 0.25) is 0 Å². The van der Waals surface area contributed by atoms with Crippen LogP contribution in [0, 0.1) is 0 Å². The number of thiazole rings is 1. The standard InChI is InChI=1S/C9H6BrNOS/c10-7-3-1-2-4-8(7)12-9-11-5-6-13-9/h1-6H. The number of hydrogen-bond donors (Lipinski definition) is 0.